The van der Waals surface area contributed by atoms with Gasteiger partial charge < -0.3 is 4.74 Å². The fourth-order valence-electron chi connectivity index (χ4n) is 1.30. The first kappa shape index (κ1) is 12.0. The van der Waals surface area contributed by atoms with Crippen LogP contribution in [0.15, 0.2) is 30.5 Å². The van der Waals surface area contributed by atoms with Crippen molar-refractivity contribution in [1.82, 2.24) is 9.78 Å². The molecule has 0 N–H and O–H groups in total. The Morgan fingerprint density at radius 1 is 1.40 bits per heavy atom. The molecular formula is C11H11IrN2O-. The zero-order chi connectivity index (χ0) is 9.97. The average molecular weight is 379 g/mol. The summed E-state index contributed by atoms with van der Waals surface area (Å²) in [6.07, 6.45) is 1.92. The van der Waals surface area contributed by atoms with E-state index in [1.54, 1.807) is 11.8 Å². The molecule has 81 valence electrons. The van der Waals surface area contributed by atoms with Gasteiger partial charge in [0.2, 0.25) is 5.88 Å². The Kier molecular flexibility index (Phi) is 4.06. The van der Waals surface area contributed by atoms with Gasteiger partial charge >= 0.3 is 0 Å². The minimum atomic E-state index is 0. The van der Waals surface area contributed by atoms with Crippen LogP contribution in [0.4, 0.5) is 0 Å². The summed E-state index contributed by atoms with van der Waals surface area (Å²) in [7, 11) is 1.62. The van der Waals surface area contributed by atoms with Gasteiger partial charge in [-0.3, -0.25) is 4.68 Å². The molecule has 2 aromatic rings. The van der Waals surface area contributed by atoms with Crippen LogP contribution in [0.25, 0.3) is 5.69 Å². The Morgan fingerprint density at radius 2 is 2.20 bits per heavy atom. The number of aryl methyl sites for hydroxylation is 1. The van der Waals surface area contributed by atoms with Gasteiger partial charge in [-0.1, -0.05) is 0 Å². The van der Waals surface area contributed by atoms with Crippen LogP contribution < -0.4 is 4.74 Å². The number of ether oxygens (including phenoxy) is 1. The number of rotatable bonds is 2. The van der Waals surface area contributed by atoms with Crippen LogP contribution in [0, 0.1) is 13.0 Å². The van der Waals surface area contributed by atoms with Gasteiger partial charge in [-0.15, -0.1) is 11.2 Å². The Morgan fingerprint density at radius 3 is 2.73 bits per heavy atom. The average Bonchev–Trinajstić information content (AvgIpc) is 2.61. The van der Waals surface area contributed by atoms with Crippen molar-refractivity contribution in [3.63, 3.8) is 0 Å². The number of benzene rings is 1. The molecule has 1 radical (unpaired) electrons. The van der Waals surface area contributed by atoms with E-state index in [1.165, 1.54) is 0 Å². The minimum absolute atomic E-state index is 0. The summed E-state index contributed by atoms with van der Waals surface area (Å²) < 4.78 is 6.86. The maximum absolute atomic E-state index is 5.10. The molecule has 0 spiro atoms. The van der Waals surface area contributed by atoms with Crippen LogP contribution in [-0.2, 0) is 20.1 Å². The zero-order valence-corrected chi connectivity index (χ0v) is 10.9. The first-order valence-electron chi connectivity index (χ1n) is 4.38. The van der Waals surface area contributed by atoms with Gasteiger partial charge in [-0.25, -0.2) is 0 Å². The van der Waals surface area contributed by atoms with Crippen LogP contribution in [-0.4, -0.2) is 16.9 Å². The molecule has 3 nitrogen and oxygen atoms in total. The van der Waals surface area contributed by atoms with Crippen molar-refractivity contribution in [1.29, 1.82) is 0 Å². The van der Waals surface area contributed by atoms with Gasteiger partial charge in [0.1, 0.15) is 0 Å². The molecule has 0 bridgehead atoms. The quantitative estimate of drug-likeness (QED) is 0.747. The van der Waals surface area contributed by atoms with Crippen LogP contribution in [0.2, 0.25) is 0 Å². The van der Waals surface area contributed by atoms with Gasteiger partial charge in [0.15, 0.2) is 0 Å². The Bertz CT molecular complexity index is 425. The second-order valence-electron chi connectivity index (χ2n) is 3.01. The summed E-state index contributed by atoms with van der Waals surface area (Å²) in [6.45, 7) is 1.96. The number of para-hydroxylation sites is 1. The van der Waals surface area contributed by atoms with Gasteiger partial charge in [-0.2, -0.15) is 24.3 Å². The first-order valence-corrected chi connectivity index (χ1v) is 4.38. The third-order valence-corrected chi connectivity index (χ3v) is 1.98. The molecule has 0 aliphatic carbocycles. The van der Waals surface area contributed by atoms with E-state index in [4.69, 9.17) is 4.74 Å². The van der Waals surface area contributed by atoms with Crippen LogP contribution in [0.1, 0.15) is 5.56 Å². The summed E-state index contributed by atoms with van der Waals surface area (Å²) in [5.41, 5.74) is 1.93. The van der Waals surface area contributed by atoms with Gasteiger partial charge in [0.25, 0.3) is 0 Å². The third kappa shape index (κ3) is 2.46. The molecule has 1 aromatic heterocycles. The second kappa shape index (κ2) is 5.10. The fourth-order valence-corrected chi connectivity index (χ4v) is 1.30. The van der Waals surface area contributed by atoms with E-state index in [1.807, 2.05) is 37.4 Å². The number of hydrogen-bond acceptors (Lipinski definition) is 2. The minimum Gasteiger partial charge on any atom is -0.480 e. The van der Waals surface area contributed by atoms with Crippen molar-refractivity contribution in [3.8, 4) is 11.6 Å². The molecule has 1 heterocycles. The van der Waals surface area contributed by atoms with E-state index in [0.29, 0.717) is 5.88 Å². The molecular weight excluding hydrogens is 368 g/mol. The van der Waals surface area contributed by atoms with E-state index < -0.39 is 0 Å². The maximum Gasteiger partial charge on any atom is 0.235 e. The number of methoxy groups -OCH3 is 1. The van der Waals surface area contributed by atoms with Crippen molar-refractivity contribution >= 4 is 0 Å². The molecule has 0 fully saturated rings. The molecule has 0 saturated heterocycles. The van der Waals surface area contributed by atoms with E-state index in [9.17, 15) is 0 Å². The Hall–Kier alpha value is -1.12. The van der Waals surface area contributed by atoms with Crippen molar-refractivity contribution < 1.29 is 24.8 Å². The Labute approximate surface area is 102 Å². The first-order chi connectivity index (χ1) is 6.81. The number of aromatic nitrogens is 2. The second-order valence-corrected chi connectivity index (χ2v) is 3.01. The molecule has 4 heteroatoms. The van der Waals surface area contributed by atoms with Crippen molar-refractivity contribution in [2.45, 2.75) is 6.92 Å². The molecule has 0 atom stereocenters. The Balaban J connectivity index is 0.00000112. The molecule has 0 aliphatic heterocycles. The molecule has 0 unspecified atom stereocenters. The number of hydrogen-bond donors (Lipinski definition) is 0. The summed E-state index contributed by atoms with van der Waals surface area (Å²) in [5.74, 6) is 0.655. The summed E-state index contributed by atoms with van der Waals surface area (Å²) in [4.78, 5) is 0. The number of nitrogens with zero attached hydrogens (tertiary/aromatic N) is 2. The van der Waals surface area contributed by atoms with E-state index >= 15 is 0 Å². The van der Waals surface area contributed by atoms with E-state index in [2.05, 4.69) is 11.2 Å². The monoisotopic (exact) mass is 380 g/mol. The molecule has 0 saturated carbocycles. The molecule has 2 rings (SSSR count). The van der Waals surface area contributed by atoms with Crippen molar-refractivity contribution in [3.05, 3.63) is 42.1 Å². The predicted octanol–water partition coefficient (Wildman–Crippen LogP) is 1.99. The van der Waals surface area contributed by atoms with Crippen molar-refractivity contribution in [2.24, 2.45) is 0 Å². The summed E-state index contributed by atoms with van der Waals surface area (Å²) in [6, 6.07) is 10.8. The molecule has 1 aromatic carbocycles. The van der Waals surface area contributed by atoms with Crippen LogP contribution in [0.5, 0.6) is 5.88 Å². The normalized spacial score (nSPS) is 9.47. The van der Waals surface area contributed by atoms with E-state index in [0.717, 1.165) is 11.3 Å². The maximum atomic E-state index is 5.10. The molecule has 0 amide bonds. The molecule has 0 aliphatic rings. The SMILES string of the molecule is COc1nn(-c2[c-]cccc2)cc1C.[Ir]. The van der Waals surface area contributed by atoms with Gasteiger partial charge in [0.05, 0.1) is 7.11 Å². The molecule has 15 heavy (non-hydrogen) atoms. The predicted molar refractivity (Wildman–Crippen MR) is 53.7 cm³/mol. The summed E-state index contributed by atoms with van der Waals surface area (Å²) in [5, 5.41) is 4.26. The standard InChI is InChI=1S/C11H11N2O.Ir/c1-9-8-13(12-11(9)14-2)10-6-4-3-5-7-10;/h3-6,8H,1-2H3;/q-1;. The van der Waals surface area contributed by atoms with Crippen LogP contribution in [0.3, 0.4) is 0 Å². The third-order valence-electron chi connectivity index (χ3n) is 1.98. The van der Waals surface area contributed by atoms with Crippen molar-refractivity contribution in [2.75, 3.05) is 7.11 Å². The van der Waals surface area contributed by atoms with E-state index in [-0.39, 0.29) is 20.1 Å². The smallest absolute Gasteiger partial charge is 0.235 e. The van der Waals surface area contributed by atoms with Crippen LogP contribution >= 0.6 is 0 Å². The summed E-state index contributed by atoms with van der Waals surface area (Å²) >= 11 is 0. The topological polar surface area (TPSA) is 27.1 Å². The zero-order valence-electron chi connectivity index (χ0n) is 8.52. The largest absolute Gasteiger partial charge is 0.480 e. The van der Waals surface area contributed by atoms with Gasteiger partial charge in [0, 0.05) is 31.9 Å². The van der Waals surface area contributed by atoms with Gasteiger partial charge in [-0.05, 0) is 12.6 Å². The fraction of sp³-hybridized carbons (Fsp3) is 0.182.